The second-order valence-electron chi connectivity index (χ2n) is 7.56. The van der Waals surface area contributed by atoms with Gasteiger partial charge in [0, 0.05) is 29.9 Å². The van der Waals surface area contributed by atoms with Crippen LogP contribution in [-0.4, -0.2) is 22.4 Å². The van der Waals surface area contributed by atoms with Gasteiger partial charge in [0.05, 0.1) is 6.54 Å². The molecule has 2 aromatic heterocycles. The molecule has 4 aromatic rings. The zero-order valence-corrected chi connectivity index (χ0v) is 18.3. The van der Waals surface area contributed by atoms with Gasteiger partial charge in [-0.25, -0.2) is 4.98 Å². The molecule has 2 N–H and O–H groups in total. The van der Waals surface area contributed by atoms with Crippen LogP contribution in [0.3, 0.4) is 0 Å². The van der Waals surface area contributed by atoms with Crippen LogP contribution in [0.5, 0.6) is 0 Å². The monoisotopic (exact) mass is 441 g/mol. The van der Waals surface area contributed by atoms with Crippen LogP contribution in [-0.2, 0) is 19.5 Å². The Hall–Kier alpha value is -3.71. The molecule has 3 heterocycles. The lowest BCUT2D eigenvalue weighted by Gasteiger charge is -2.19. The summed E-state index contributed by atoms with van der Waals surface area (Å²) in [6.07, 6.45) is 2.58. The number of amides is 1. The van der Waals surface area contributed by atoms with Gasteiger partial charge < -0.3 is 15.5 Å². The molecule has 2 aromatic carbocycles. The van der Waals surface area contributed by atoms with Crippen molar-refractivity contribution in [3.8, 4) is 0 Å². The Balaban J connectivity index is 1.41. The fourth-order valence-electron chi connectivity index (χ4n) is 3.81. The SMILES string of the molecule is O=C(NCc1ccccc1)c1cnc(N2CCc3ccccc32)nc1NCc1cccs1. The molecule has 5 rings (SSSR count). The van der Waals surface area contributed by atoms with Crippen LogP contribution in [0.1, 0.15) is 26.4 Å². The number of thiophene rings is 1. The summed E-state index contributed by atoms with van der Waals surface area (Å²) in [5, 5.41) is 8.38. The first-order valence-corrected chi connectivity index (χ1v) is 11.5. The lowest BCUT2D eigenvalue weighted by atomic mass is 10.2. The molecule has 160 valence electrons. The lowest BCUT2D eigenvalue weighted by Crippen LogP contribution is -2.25. The number of aromatic nitrogens is 2. The maximum atomic E-state index is 13.0. The van der Waals surface area contributed by atoms with Gasteiger partial charge in [-0.15, -0.1) is 11.3 Å². The first-order chi connectivity index (χ1) is 15.8. The van der Waals surface area contributed by atoms with Gasteiger partial charge in [-0.05, 0) is 35.1 Å². The van der Waals surface area contributed by atoms with Crippen molar-refractivity contribution in [3.63, 3.8) is 0 Å². The number of nitrogens with one attached hydrogen (secondary N) is 2. The maximum absolute atomic E-state index is 13.0. The third-order valence-electron chi connectivity index (χ3n) is 5.46. The predicted octanol–water partition coefficient (Wildman–Crippen LogP) is 4.77. The van der Waals surface area contributed by atoms with Crippen LogP contribution in [0.2, 0.25) is 0 Å². The van der Waals surface area contributed by atoms with E-state index in [1.807, 2.05) is 47.8 Å². The third kappa shape index (κ3) is 4.33. The number of fused-ring (bicyclic) bond motifs is 1. The Labute approximate surface area is 191 Å². The van der Waals surface area contributed by atoms with Crippen molar-refractivity contribution < 1.29 is 4.79 Å². The van der Waals surface area contributed by atoms with Crippen LogP contribution in [0, 0.1) is 0 Å². The van der Waals surface area contributed by atoms with Crippen molar-refractivity contribution in [2.24, 2.45) is 0 Å². The van der Waals surface area contributed by atoms with Gasteiger partial charge >= 0.3 is 0 Å². The van der Waals surface area contributed by atoms with Crippen molar-refractivity contribution in [2.45, 2.75) is 19.5 Å². The summed E-state index contributed by atoms with van der Waals surface area (Å²) in [4.78, 5) is 25.6. The van der Waals surface area contributed by atoms with E-state index in [-0.39, 0.29) is 5.91 Å². The van der Waals surface area contributed by atoms with E-state index >= 15 is 0 Å². The molecule has 0 unspecified atom stereocenters. The summed E-state index contributed by atoms with van der Waals surface area (Å²) in [7, 11) is 0. The van der Waals surface area contributed by atoms with Crippen LogP contribution in [0.15, 0.2) is 78.3 Å². The van der Waals surface area contributed by atoms with Crippen LogP contribution < -0.4 is 15.5 Å². The van der Waals surface area contributed by atoms with Crippen molar-refractivity contribution >= 4 is 34.7 Å². The Morgan fingerprint density at radius 3 is 2.69 bits per heavy atom. The van der Waals surface area contributed by atoms with Crippen LogP contribution in [0.4, 0.5) is 17.5 Å². The van der Waals surface area contributed by atoms with Gasteiger partial charge in [-0.1, -0.05) is 54.6 Å². The number of nitrogens with zero attached hydrogens (tertiary/aromatic N) is 3. The van der Waals surface area contributed by atoms with E-state index in [9.17, 15) is 4.79 Å². The molecule has 1 aliphatic heterocycles. The van der Waals surface area contributed by atoms with E-state index in [2.05, 4.69) is 44.8 Å². The summed E-state index contributed by atoms with van der Waals surface area (Å²) < 4.78 is 0. The van der Waals surface area contributed by atoms with Gasteiger partial charge in [0.2, 0.25) is 5.95 Å². The average Bonchev–Trinajstić information content (AvgIpc) is 3.52. The van der Waals surface area contributed by atoms with E-state index in [0.29, 0.717) is 30.4 Å². The zero-order valence-electron chi connectivity index (χ0n) is 17.5. The number of benzene rings is 2. The minimum atomic E-state index is -0.198. The number of para-hydroxylation sites is 1. The third-order valence-corrected chi connectivity index (χ3v) is 6.33. The summed E-state index contributed by atoms with van der Waals surface area (Å²) in [6, 6.07) is 22.2. The van der Waals surface area contributed by atoms with Crippen molar-refractivity contribution in [1.82, 2.24) is 15.3 Å². The Bertz CT molecular complexity index is 1210. The fourth-order valence-corrected chi connectivity index (χ4v) is 4.45. The number of carbonyl (C=O) groups is 1. The van der Waals surface area contributed by atoms with Gasteiger partial charge in [0.25, 0.3) is 5.91 Å². The summed E-state index contributed by atoms with van der Waals surface area (Å²) in [6.45, 7) is 1.87. The highest BCUT2D eigenvalue weighted by molar-refractivity contribution is 7.09. The molecule has 7 heteroatoms. The molecule has 0 bridgehead atoms. The van der Waals surface area contributed by atoms with Gasteiger partial charge in [-0.2, -0.15) is 4.98 Å². The van der Waals surface area contributed by atoms with Crippen LogP contribution >= 0.6 is 11.3 Å². The van der Waals surface area contributed by atoms with E-state index < -0.39 is 0 Å². The number of hydrogen-bond donors (Lipinski definition) is 2. The topological polar surface area (TPSA) is 70.2 Å². The molecule has 1 amide bonds. The summed E-state index contributed by atoms with van der Waals surface area (Å²) >= 11 is 1.67. The van der Waals surface area contributed by atoms with Gasteiger partial charge in [0.15, 0.2) is 0 Å². The van der Waals surface area contributed by atoms with Gasteiger partial charge in [-0.3, -0.25) is 4.79 Å². The number of anilines is 3. The van der Waals surface area contributed by atoms with Crippen molar-refractivity contribution in [2.75, 3.05) is 16.8 Å². The molecule has 0 saturated carbocycles. The molecular weight excluding hydrogens is 418 g/mol. The lowest BCUT2D eigenvalue weighted by molar-refractivity contribution is 0.0951. The second kappa shape index (κ2) is 9.20. The highest BCUT2D eigenvalue weighted by Crippen LogP contribution is 2.33. The molecular formula is C25H23N5OS. The Morgan fingerprint density at radius 2 is 1.84 bits per heavy atom. The Kier molecular flexibility index (Phi) is 5.81. The summed E-state index contributed by atoms with van der Waals surface area (Å²) in [5.74, 6) is 0.942. The number of hydrogen-bond acceptors (Lipinski definition) is 6. The first-order valence-electron chi connectivity index (χ1n) is 10.6. The smallest absolute Gasteiger partial charge is 0.256 e. The van der Waals surface area contributed by atoms with Crippen molar-refractivity contribution in [3.05, 3.63) is 99.9 Å². The number of carbonyl (C=O) groups excluding carboxylic acids is 1. The largest absolute Gasteiger partial charge is 0.364 e. The second-order valence-corrected chi connectivity index (χ2v) is 8.60. The zero-order chi connectivity index (χ0) is 21.8. The molecule has 0 spiro atoms. The molecule has 0 radical (unpaired) electrons. The molecule has 1 aliphatic rings. The first kappa shape index (κ1) is 20.2. The minimum Gasteiger partial charge on any atom is -0.364 e. The van der Waals surface area contributed by atoms with E-state index in [1.165, 1.54) is 10.4 Å². The molecule has 6 nitrogen and oxygen atoms in total. The maximum Gasteiger partial charge on any atom is 0.256 e. The normalized spacial score (nSPS) is 12.4. The minimum absolute atomic E-state index is 0.198. The van der Waals surface area contributed by atoms with E-state index in [0.717, 1.165) is 24.2 Å². The predicted molar refractivity (Wildman–Crippen MR) is 128 cm³/mol. The molecule has 0 fully saturated rings. The summed E-state index contributed by atoms with van der Waals surface area (Å²) in [5.41, 5.74) is 3.89. The average molecular weight is 442 g/mol. The molecule has 32 heavy (non-hydrogen) atoms. The Morgan fingerprint density at radius 1 is 1.00 bits per heavy atom. The highest BCUT2D eigenvalue weighted by Gasteiger charge is 2.24. The quantitative estimate of drug-likeness (QED) is 0.432. The van der Waals surface area contributed by atoms with E-state index in [4.69, 9.17) is 4.98 Å². The van der Waals surface area contributed by atoms with E-state index in [1.54, 1.807) is 17.5 Å². The number of rotatable bonds is 7. The van der Waals surface area contributed by atoms with Gasteiger partial charge in [0.1, 0.15) is 11.4 Å². The van der Waals surface area contributed by atoms with Crippen LogP contribution in [0.25, 0.3) is 0 Å². The molecule has 0 saturated heterocycles. The fraction of sp³-hybridized carbons (Fsp3) is 0.160. The highest BCUT2D eigenvalue weighted by atomic mass is 32.1. The molecule has 0 atom stereocenters. The molecule has 0 aliphatic carbocycles. The standard InChI is InChI=1S/C25H23N5OS/c31-24(27-15-18-7-2-1-3-8-18)21-17-28-25(29-23(21)26-16-20-10-6-14-32-20)30-13-12-19-9-4-5-11-22(19)30/h1-11,14,17H,12-13,15-16H2,(H,27,31)(H,26,28,29). The van der Waals surface area contributed by atoms with Crippen molar-refractivity contribution in [1.29, 1.82) is 0 Å².